The Balaban J connectivity index is 2.16. The van der Waals surface area contributed by atoms with Gasteiger partial charge >= 0.3 is 0 Å². The van der Waals surface area contributed by atoms with Crippen LogP contribution in [-0.2, 0) is 17.6 Å². The molecule has 0 unspecified atom stereocenters. The molecule has 0 aliphatic carbocycles. The highest BCUT2D eigenvalue weighted by molar-refractivity contribution is 6.02. The van der Waals surface area contributed by atoms with E-state index in [4.69, 9.17) is 9.47 Å². The average molecular weight is 367 g/mol. The van der Waals surface area contributed by atoms with Gasteiger partial charge in [-0.15, -0.1) is 0 Å². The van der Waals surface area contributed by atoms with Crippen molar-refractivity contribution in [2.24, 2.45) is 0 Å². The molecule has 0 heterocycles. The number of ether oxygens (including phenoxy) is 2. The van der Waals surface area contributed by atoms with Crippen LogP contribution in [0.2, 0.25) is 0 Å². The third-order valence-electron chi connectivity index (χ3n) is 4.24. The molecule has 1 N–H and O–H groups in total. The molecular formula is C23H29NO3. The van der Waals surface area contributed by atoms with Crippen molar-refractivity contribution in [3.63, 3.8) is 0 Å². The molecule has 0 aromatic heterocycles. The number of amides is 1. The zero-order valence-corrected chi connectivity index (χ0v) is 16.7. The van der Waals surface area contributed by atoms with Crippen molar-refractivity contribution < 1.29 is 14.3 Å². The molecule has 144 valence electrons. The summed E-state index contributed by atoms with van der Waals surface area (Å²) in [5.41, 5.74) is 4.11. The van der Waals surface area contributed by atoms with Gasteiger partial charge in [-0.25, -0.2) is 0 Å². The van der Waals surface area contributed by atoms with E-state index < -0.39 is 0 Å². The Bertz CT molecular complexity index is 774. The molecule has 0 fully saturated rings. The number of carbonyl (C=O) groups is 1. The molecule has 0 saturated heterocycles. The molecule has 4 nitrogen and oxygen atoms in total. The first kappa shape index (κ1) is 20.6. The Kier molecular flexibility index (Phi) is 7.93. The number of nitrogens with one attached hydrogen (secondary N) is 1. The molecule has 2 rings (SSSR count). The van der Waals surface area contributed by atoms with Gasteiger partial charge in [0.05, 0.1) is 13.2 Å². The largest absolute Gasteiger partial charge is 0.490 e. The summed E-state index contributed by atoms with van der Waals surface area (Å²) >= 11 is 0. The smallest absolute Gasteiger partial charge is 0.248 e. The predicted octanol–water partition coefficient (Wildman–Crippen LogP) is 5.26. The summed E-state index contributed by atoms with van der Waals surface area (Å²) in [6.45, 7) is 9.19. The lowest BCUT2D eigenvalue weighted by Crippen LogP contribution is -2.11. The number of carbonyl (C=O) groups excluding carboxylic acids is 1. The van der Waals surface area contributed by atoms with Crippen LogP contribution in [0.3, 0.4) is 0 Å². The van der Waals surface area contributed by atoms with E-state index >= 15 is 0 Å². The maximum absolute atomic E-state index is 12.4. The zero-order chi connectivity index (χ0) is 19.6. The van der Waals surface area contributed by atoms with E-state index in [9.17, 15) is 4.79 Å². The fraction of sp³-hybridized carbons (Fsp3) is 0.348. The first-order valence-electron chi connectivity index (χ1n) is 9.62. The van der Waals surface area contributed by atoms with E-state index in [2.05, 4.69) is 31.3 Å². The number of aryl methyl sites for hydroxylation is 2. The monoisotopic (exact) mass is 367 g/mol. The van der Waals surface area contributed by atoms with Gasteiger partial charge in [0.25, 0.3) is 0 Å². The van der Waals surface area contributed by atoms with Crippen molar-refractivity contribution >= 4 is 17.7 Å². The van der Waals surface area contributed by atoms with Crippen LogP contribution in [0.15, 0.2) is 42.5 Å². The normalized spacial score (nSPS) is 10.8. The Morgan fingerprint density at radius 3 is 2.15 bits per heavy atom. The highest BCUT2D eigenvalue weighted by atomic mass is 16.5. The quantitative estimate of drug-likeness (QED) is 0.615. The SMILES string of the molecule is CCOc1ccc(/C=C/C(=O)Nc2c(CC)cccc2CC)cc1OCC. The molecule has 2 aromatic rings. The van der Waals surface area contributed by atoms with Crippen molar-refractivity contribution in [3.8, 4) is 11.5 Å². The number of hydrogen-bond donors (Lipinski definition) is 1. The molecule has 0 aliphatic heterocycles. The van der Waals surface area contributed by atoms with Gasteiger partial charge in [-0.2, -0.15) is 0 Å². The molecule has 0 spiro atoms. The minimum Gasteiger partial charge on any atom is -0.490 e. The van der Waals surface area contributed by atoms with Gasteiger partial charge in [0, 0.05) is 11.8 Å². The number of hydrogen-bond acceptors (Lipinski definition) is 3. The van der Waals surface area contributed by atoms with Crippen molar-refractivity contribution in [1.82, 2.24) is 0 Å². The molecule has 2 aromatic carbocycles. The lowest BCUT2D eigenvalue weighted by atomic mass is 10.0. The molecule has 27 heavy (non-hydrogen) atoms. The zero-order valence-electron chi connectivity index (χ0n) is 16.7. The fourth-order valence-electron chi connectivity index (χ4n) is 2.91. The van der Waals surface area contributed by atoms with Crippen molar-refractivity contribution in [1.29, 1.82) is 0 Å². The van der Waals surface area contributed by atoms with Gasteiger partial charge in [0.15, 0.2) is 11.5 Å². The van der Waals surface area contributed by atoms with E-state index in [0.717, 1.165) is 35.2 Å². The van der Waals surface area contributed by atoms with Crippen molar-refractivity contribution in [2.75, 3.05) is 18.5 Å². The van der Waals surface area contributed by atoms with E-state index in [0.29, 0.717) is 24.7 Å². The second-order valence-electron chi connectivity index (χ2n) is 6.05. The summed E-state index contributed by atoms with van der Waals surface area (Å²) in [5.74, 6) is 1.26. The minimum atomic E-state index is -0.141. The Morgan fingerprint density at radius 1 is 0.926 bits per heavy atom. The topological polar surface area (TPSA) is 47.6 Å². The standard InChI is InChI=1S/C23H29NO3/c1-5-18-10-9-11-19(6-2)23(18)24-22(25)15-13-17-12-14-20(26-7-3)21(16-17)27-8-4/h9-16H,5-8H2,1-4H3,(H,24,25)/b15-13+. The van der Waals surface area contributed by atoms with E-state index in [1.54, 1.807) is 12.2 Å². The van der Waals surface area contributed by atoms with Crippen molar-refractivity contribution in [2.45, 2.75) is 40.5 Å². The maximum atomic E-state index is 12.4. The Hall–Kier alpha value is -2.75. The van der Waals surface area contributed by atoms with Crippen LogP contribution in [0, 0.1) is 0 Å². The summed E-state index contributed by atoms with van der Waals surface area (Å²) < 4.78 is 11.2. The third-order valence-corrected chi connectivity index (χ3v) is 4.24. The van der Waals surface area contributed by atoms with Gasteiger partial charge in [0.1, 0.15) is 0 Å². The van der Waals surface area contributed by atoms with Crippen LogP contribution in [-0.4, -0.2) is 19.1 Å². The molecule has 4 heteroatoms. The summed E-state index contributed by atoms with van der Waals surface area (Å²) in [7, 11) is 0. The lowest BCUT2D eigenvalue weighted by Gasteiger charge is -2.13. The highest BCUT2D eigenvalue weighted by Gasteiger charge is 2.09. The molecule has 0 aliphatic rings. The Labute approximate surface area is 162 Å². The molecule has 1 amide bonds. The van der Waals surface area contributed by atoms with Gasteiger partial charge in [0.2, 0.25) is 5.91 Å². The van der Waals surface area contributed by atoms with Crippen molar-refractivity contribution in [3.05, 3.63) is 59.2 Å². The first-order valence-corrected chi connectivity index (χ1v) is 9.62. The number of rotatable bonds is 9. The fourth-order valence-corrected chi connectivity index (χ4v) is 2.91. The van der Waals surface area contributed by atoms with Crippen LogP contribution in [0.4, 0.5) is 5.69 Å². The second-order valence-corrected chi connectivity index (χ2v) is 6.05. The summed E-state index contributed by atoms with van der Waals surface area (Å²) in [4.78, 5) is 12.4. The van der Waals surface area contributed by atoms with Crippen LogP contribution in [0.5, 0.6) is 11.5 Å². The van der Waals surface area contributed by atoms with E-state index in [1.807, 2.05) is 38.1 Å². The summed E-state index contributed by atoms with van der Waals surface area (Å²) in [6.07, 6.45) is 5.10. The number of anilines is 1. The molecule has 0 saturated carbocycles. The average Bonchev–Trinajstić information content (AvgIpc) is 2.68. The molecule has 0 atom stereocenters. The van der Waals surface area contributed by atoms with Gasteiger partial charge < -0.3 is 14.8 Å². The molecule has 0 bridgehead atoms. The minimum absolute atomic E-state index is 0.141. The first-order chi connectivity index (χ1) is 13.1. The maximum Gasteiger partial charge on any atom is 0.248 e. The van der Waals surface area contributed by atoms with E-state index in [1.165, 1.54) is 0 Å². The summed E-state index contributed by atoms with van der Waals surface area (Å²) in [5, 5.41) is 3.04. The van der Waals surface area contributed by atoms with Crippen LogP contribution >= 0.6 is 0 Å². The van der Waals surface area contributed by atoms with E-state index in [-0.39, 0.29) is 5.91 Å². The highest BCUT2D eigenvalue weighted by Crippen LogP contribution is 2.29. The van der Waals surface area contributed by atoms with Gasteiger partial charge in [-0.1, -0.05) is 38.1 Å². The summed E-state index contributed by atoms with van der Waals surface area (Å²) in [6, 6.07) is 11.8. The molecule has 0 radical (unpaired) electrons. The van der Waals surface area contributed by atoms with Gasteiger partial charge in [-0.3, -0.25) is 4.79 Å². The number of benzene rings is 2. The van der Waals surface area contributed by atoms with Crippen LogP contribution in [0.1, 0.15) is 44.4 Å². The van der Waals surface area contributed by atoms with Crippen LogP contribution in [0.25, 0.3) is 6.08 Å². The Morgan fingerprint density at radius 2 is 1.56 bits per heavy atom. The molecular weight excluding hydrogens is 338 g/mol. The predicted molar refractivity (Wildman–Crippen MR) is 112 cm³/mol. The van der Waals surface area contributed by atoms with Crippen LogP contribution < -0.4 is 14.8 Å². The third kappa shape index (κ3) is 5.61. The lowest BCUT2D eigenvalue weighted by molar-refractivity contribution is -0.111. The van der Waals surface area contributed by atoms with Gasteiger partial charge in [-0.05, 0) is 61.6 Å². The number of para-hydroxylation sites is 1. The second kappa shape index (κ2) is 10.4.